The summed E-state index contributed by atoms with van der Waals surface area (Å²) in [5, 5.41) is 2.98. The van der Waals surface area contributed by atoms with Gasteiger partial charge in [-0.1, -0.05) is 54.6 Å². The van der Waals surface area contributed by atoms with Crippen LogP contribution < -0.4 is 5.32 Å². The predicted molar refractivity (Wildman–Crippen MR) is 129 cm³/mol. The van der Waals surface area contributed by atoms with Crippen molar-refractivity contribution >= 4 is 11.7 Å². The fourth-order valence-corrected chi connectivity index (χ4v) is 4.07. The fraction of sp³-hybridized carbons (Fsp3) is 0.296. The molecular formula is C27H29F2N3O2. The third-order valence-electron chi connectivity index (χ3n) is 6.09. The number of nitrogens with zero attached hydrogens (tertiary/aromatic N) is 2. The normalized spacial score (nSPS) is 15.2. The van der Waals surface area contributed by atoms with E-state index in [1.165, 1.54) is 6.07 Å². The van der Waals surface area contributed by atoms with E-state index in [0.717, 1.165) is 36.0 Å². The average molecular weight is 466 g/mol. The number of rotatable bonds is 7. The zero-order valence-corrected chi connectivity index (χ0v) is 19.2. The summed E-state index contributed by atoms with van der Waals surface area (Å²) in [6.45, 7) is 5.81. The van der Waals surface area contributed by atoms with E-state index in [2.05, 4.69) is 10.2 Å². The van der Waals surface area contributed by atoms with Crippen molar-refractivity contribution in [3.8, 4) is 0 Å². The van der Waals surface area contributed by atoms with Crippen LogP contribution in [0.4, 0.5) is 19.3 Å². The molecule has 0 aliphatic carbocycles. The van der Waals surface area contributed by atoms with E-state index >= 15 is 0 Å². The number of urea groups is 1. The number of benzene rings is 3. The van der Waals surface area contributed by atoms with Gasteiger partial charge in [0.2, 0.25) is 0 Å². The lowest BCUT2D eigenvalue weighted by Crippen LogP contribution is -2.50. The standard InChI is InChI=1S/C27H29F2N3O2/c1-20-7-5-6-10-25(20)30-27(33)32-15-13-31(14-16-32)17-18-34-26(21-8-3-2-4-9-21)22-11-12-23(28)24(29)19-22/h2-12,19,26H,13-18H2,1H3,(H,30,33)/t26-/m0/s1. The lowest BCUT2D eigenvalue weighted by atomic mass is 10.0. The fourth-order valence-electron chi connectivity index (χ4n) is 4.07. The van der Waals surface area contributed by atoms with E-state index in [0.29, 0.717) is 31.8 Å². The van der Waals surface area contributed by atoms with E-state index in [1.807, 2.05) is 66.4 Å². The van der Waals surface area contributed by atoms with Crippen LogP contribution in [-0.4, -0.2) is 55.2 Å². The second-order valence-corrected chi connectivity index (χ2v) is 8.41. The molecule has 3 aromatic rings. The molecule has 5 nitrogen and oxygen atoms in total. The number of ether oxygens (including phenoxy) is 1. The Morgan fingerprint density at radius 1 is 0.912 bits per heavy atom. The number of amides is 2. The van der Waals surface area contributed by atoms with Crippen molar-refractivity contribution < 1.29 is 18.3 Å². The second-order valence-electron chi connectivity index (χ2n) is 8.41. The molecule has 0 spiro atoms. The van der Waals surface area contributed by atoms with Gasteiger partial charge in [0.15, 0.2) is 11.6 Å². The van der Waals surface area contributed by atoms with E-state index in [-0.39, 0.29) is 6.03 Å². The highest BCUT2D eigenvalue weighted by Crippen LogP contribution is 2.27. The van der Waals surface area contributed by atoms with Crippen LogP contribution in [0.1, 0.15) is 22.8 Å². The summed E-state index contributed by atoms with van der Waals surface area (Å²) in [6, 6.07) is 21.0. The molecule has 0 bridgehead atoms. The Morgan fingerprint density at radius 2 is 1.62 bits per heavy atom. The molecular weight excluding hydrogens is 436 g/mol. The molecule has 1 fully saturated rings. The van der Waals surface area contributed by atoms with Gasteiger partial charge in [0, 0.05) is 38.4 Å². The van der Waals surface area contributed by atoms with Gasteiger partial charge in [0.05, 0.1) is 6.61 Å². The lowest BCUT2D eigenvalue weighted by Gasteiger charge is -2.35. The van der Waals surface area contributed by atoms with Crippen molar-refractivity contribution in [2.24, 2.45) is 0 Å². The molecule has 4 rings (SSSR count). The smallest absolute Gasteiger partial charge is 0.321 e. The van der Waals surface area contributed by atoms with E-state index in [9.17, 15) is 13.6 Å². The number of hydrogen-bond donors (Lipinski definition) is 1. The van der Waals surface area contributed by atoms with Gasteiger partial charge in [0.1, 0.15) is 6.10 Å². The summed E-state index contributed by atoms with van der Waals surface area (Å²) in [6.07, 6.45) is -0.488. The van der Waals surface area contributed by atoms with Crippen LogP contribution in [0.3, 0.4) is 0 Å². The molecule has 3 aromatic carbocycles. The predicted octanol–water partition coefficient (Wildman–Crippen LogP) is 5.23. The van der Waals surface area contributed by atoms with Gasteiger partial charge < -0.3 is 15.0 Å². The molecule has 1 aliphatic rings. The number of piperazine rings is 1. The lowest BCUT2D eigenvalue weighted by molar-refractivity contribution is 0.0496. The quantitative estimate of drug-likeness (QED) is 0.520. The van der Waals surface area contributed by atoms with Crippen molar-refractivity contribution in [3.63, 3.8) is 0 Å². The summed E-state index contributed by atoms with van der Waals surface area (Å²) in [7, 11) is 0. The largest absolute Gasteiger partial charge is 0.367 e. The highest BCUT2D eigenvalue weighted by Gasteiger charge is 2.22. The number of hydrogen-bond acceptors (Lipinski definition) is 3. The molecule has 1 N–H and O–H groups in total. The van der Waals surface area contributed by atoms with Crippen molar-refractivity contribution in [2.75, 3.05) is 44.6 Å². The number of carbonyl (C=O) groups excluding carboxylic acids is 1. The Hall–Kier alpha value is -3.29. The molecule has 1 saturated heterocycles. The van der Waals surface area contributed by atoms with Gasteiger partial charge in [-0.2, -0.15) is 0 Å². The molecule has 34 heavy (non-hydrogen) atoms. The zero-order valence-electron chi connectivity index (χ0n) is 19.2. The number of halogens is 2. The van der Waals surface area contributed by atoms with Crippen molar-refractivity contribution in [3.05, 3.63) is 101 Å². The Labute approximate surface area is 198 Å². The van der Waals surface area contributed by atoms with Crippen molar-refractivity contribution in [2.45, 2.75) is 13.0 Å². The van der Waals surface area contributed by atoms with E-state index in [4.69, 9.17) is 4.74 Å². The Morgan fingerprint density at radius 3 is 2.32 bits per heavy atom. The van der Waals surface area contributed by atoms with E-state index < -0.39 is 17.7 Å². The van der Waals surface area contributed by atoms with E-state index in [1.54, 1.807) is 6.07 Å². The summed E-state index contributed by atoms with van der Waals surface area (Å²) < 4.78 is 33.4. The van der Waals surface area contributed by atoms with Gasteiger partial charge >= 0.3 is 6.03 Å². The van der Waals surface area contributed by atoms with Gasteiger partial charge in [-0.15, -0.1) is 0 Å². The number of carbonyl (C=O) groups is 1. The number of para-hydroxylation sites is 1. The van der Waals surface area contributed by atoms with Crippen molar-refractivity contribution in [1.82, 2.24) is 9.80 Å². The third-order valence-corrected chi connectivity index (χ3v) is 6.09. The van der Waals surface area contributed by atoms with Gasteiger partial charge in [-0.3, -0.25) is 4.90 Å². The first-order chi connectivity index (χ1) is 16.5. The monoisotopic (exact) mass is 465 g/mol. The molecule has 0 saturated carbocycles. The molecule has 0 radical (unpaired) electrons. The second kappa shape index (κ2) is 11.2. The first kappa shape index (κ1) is 23.9. The Kier molecular flexibility index (Phi) is 7.87. The SMILES string of the molecule is Cc1ccccc1NC(=O)N1CCN(CCO[C@@H](c2ccccc2)c2ccc(F)c(F)c2)CC1. The summed E-state index contributed by atoms with van der Waals surface area (Å²) in [5.41, 5.74) is 3.31. The molecule has 1 aliphatic heterocycles. The number of aryl methyl sites for hydroxylation is 1. The van der Waals surface area contributed by atoms with Crippen LogP contribution in [0.25, 0.3) is 0 Å². The molecule has 1 atom stereocenters. The van der Waals surface area contributed by atoms with Gasteiger partial charge in [-0.05, 0) is 41.8 Å². The average Bonchev–Trinajstić information content (AvgIpc) is 2.86. The van der Waals surface area contributed by atoms with Crippen LogP contribution in [0, 0.1) is 18.6 Å². The Bertz CT molecular complexity index is 1100. The summed E-state index contributed by atoms with van der Waals surface area (Å²) in [5.74, 6) is -1.76. The molecule has 2 amide bonds. The summed E-state index contributed by atoms with van der Waals surface area (Å²) >= 11 is 0. The van der Waals surface area contributed by atoms with Crippen LogP contribution in [0.5, 0.6) is 0 Å². The highest BCUT2D eigenvalue weighted by molar-refractivity contribution is 5.90. The highest BCUT2D eigenvalue weighted by atomic mass is 19.2. The zero-order chi connectivity index (χ0) is 23.9. The van der Waals surface area contributed by atoms with Crippen LogP contribution >= 0.6 is 0 Å². The Balaban J connectivity index is 1.29. The van der Waals surface area contributed by atoms with Gasteiger partial charge in [-0.25, -0.2) is 13.6 Å². The van der Waals surface area contributed by atoms with Crippen LogP contribution in [0.2, 0.25) is 0 Å². The van der Waals surface area contributed by atoms with Crippen LogP contribution in [-0.2, 0) is 4.74 Å². The van der Waals surface area contributed by atoms with Crippen LogP contribution in [0.15, 0.2) is 72.8 Å². The minimum Gasteiger partial charge on any atom is -0.367 e. The molecule has 0 aromatic heterocycles. The topological polar surface area (TPSA) is 44.8 Å². The molecule has 7 heteroatoms. The van der Waals surface area contributed by atoms with Gasteiger partial charge in [0.25, 0.3) is 0 Å². The third kappa shape index (κ3) is 5.98. The minimum atomic E-state index is -0.887. The number of anilines is 1. The maximum absolute atomic E-state index is 13.9. The molecule has 178 valence electrons. The molecule has 1 heterocycles. The molecule has 0 unspecified atom stereocenters. The maximum atomic E-state index is 13.9. The maximum Gasteiger partial charge on any atom is 0.321 e. The van der Waals surface area contributed by atoms with Crippen molar-refractivity contribution in [1.29, 1.82) is 0 Å². The number of nitrogens with one attached hydrogen (secondary N) is 1. The minimum absolute atomic E-state index is 0.0901. The first-order valence-corrected chi connectivity index (χ1v) is 11.5. The summed E-state index contributed by atoms with van der Waals surface area (Å²) in [4.78, 5) is 16.7. The first-order valence-electron chi connectivity index (χ1n) is 11.5.